The lowest BCUT2D eigenvalue weighted by Crippen LogP contribution is -2.48. The van der Waals surface area contributed by atoms with Crippen LogP contribution in [0.25, 0.3) is 0 Å². The molecule has 0 saturated heterocycles. The highest BCUT2D eigenvalue weighted by Crippen LogP contribution is 2.42. The zero-order valence-electron chi connectivity index (χ0n) is 12.3. The van der Waals surface area contributed by atoms with Crippen LogP contribution >= 0.6 is 23.3 Å². The van der Waals surface area contributed by atoms with Gasteiger partial charge in [0.1, 0.15) is 17.6 Å². The van der Waals surface area contributed by atoms with Gasteiger partial charge in [-0.25, -0.2) is 0 Å². The van der Waals surface area contributed by atoms with Crippen LogP contribution in [-0.2, 0) is 5.66 Å². The smallest absolute Gasteiger partial charge is 0.276 e. The van der Waals surface area contributed by atoms with Crippen molar-refractivity contribution in [2.24, 2.45) is 0 Å². The average molecular weight is 354 g/mol. The predicted octanol–water partition coefficient (Wildman–Crippen LogP) is 2.31. The average Bonchev–Trinajstić information content (AvgIpc) is 3.12. The monoisotopic (exact) mass is 353 g/mol. The summed E-state index contributed by atoms with van der Waals surface area (Å²) in [6.45, 7) is 0. The van der Waals surface area contributed by atoms with E-state index in [-0.39, 0.29) is 5.56 Å². The third-order valence-electron chi connectivity index (χ3n) is 4.59. The summed E-state index contributed by atoms with van der Waals surface area (Å²) in [6.07, 6.45) is 5.39. The number of anilines is 2. The first kappa shape index (κ1) is 15.1. The van der Waals surface area contributed by atoms with E-state index >= 15 is 0 Å². The second kappa shape index (κ2) is 5.55. The first-order valence-electron chi connectivity index (χ1n) is 7.57. The van der Waals surface area contributed by atoms with Gasteiger partial charge in [-0.2, -0.15) is 8.75 Å². The number of pyridine rings is 1. The van der Waals surface area contributed by atoms with Crippen molar-refractivity contribution in [1.82, 2.24) is 18.6 Å². The van der Waals surface area contributed by atoms with E-state index in [0.29, 0.717) is 22.2 Å². The minimum Gasteiger partial charge on any atom is -0.373 e. The highest BCUT2D eigenvalue weighted by Gasteiger charge is 2.45. The SMILES string of the molecule is O=c1c(Nc2cnsn2)cc(Cl)c2n1C1(CCCCC1)NC2O. The van der Waals surface area contributed by atoms with Crippen LogP contribution in [0.1, 0.15) is 44.0 Å². The topological polar surface area (TPSA) is 92.1 Å². The van der Waals surface area contributed by atoms with E-state index < -0.39 is 11.9 Å². The molecule has 3 N–H and O–H groups in total. The molecular weight excluding hydrogens is 338 g/mol. The molecule has 1 spiro atoms. The molecule has 7 nitrogen and oxygen atoms in total. The largest absolute Gasteiger partial charge is 0.373 e. The summed E-state index contributed by atoms with van der Waals surface area (Å²) >= 11 is 7.41. The van der Waals surface area contributed by atoms with Crippen molar-refractivity contribution >= 4 is 34.8 Å². The molecule has 0 radical (unpaired) electrons. The summed E-state index contributed by atoms with van der Waals surface area (Å²) in [7, 11) is 0. The molecule has 2 aromatic heterocycles. The summed E-state index contributed by atoms with van der Waals surface area (Å²) in [4.78, 5) is 13.0. The van der Waals surface area contributed by atoms with Gasteiger partial charge in [-0.05, 0) is 31.7 Å². The second-order valence-electron chi connectivity index (χ2n) is 5.99. The maximum Gasteiger partial charge on any atom is 0.276 e. The van der Waals surface area contributed by atoms with Crippen molar-refractivity contribution in [2.75, 3.05) is 5.32 Å². The Morgan fingerprint density at radius 1 is 1.43 bits per heavy atom. The summed E-state index contributed by atoms with van der Waals surface area (Å²) in [5, 5.41) is 16.9. The van der Waals surface area contributed by atoms with E-state index in [2.05, 4.69) is 19.4 Å². The van der Waals surface area contributed by atoms with Crippen LogP contribution in [0.4, 0.5) is 11.5 Å². The van der Waals surface area contributed by atoms with Gasteiger partial charge in [-0.15, -0.1) is 0 Å². The van der Waals surface area contributed by atoms with Crippen molar-refractivity contribution in [3.05, 3.63) is 33.3 Å². The molecule has 0 amide bonds. The fraction of sp³-hybridized carbons (Fsp3) is 0.500. The normalized spacial score (nSPS) is 22.3. The van der Waals surface area contributed by atoms with Crippen molar-refractivity contribution < 1.29 is 5.11 Å². The Hall–Kier alpha value is -1.48. The van der Waals surface area contributed by atoms with Crippen LogP contribution in [0, 0.1) is 0 Å². The van der Waals surface area contributed by atoms with E-state index in [4.69, 9.17) is 11.6 Å². The van der Waals surface area contributed by atoms with Crippen LogP contribution in [0.5, 0.6) is 0 Å². The Morgan fingerprint density at radius 2 is 2.22 bits per heavy atom. The number of halogens is 1. The number of hydrogen-bond acceptors (Lipinski definition) is 7. The molecule has 122 valence electrons. The van der Waals surface area contributed by atoms with Crippen LogP contribution < -0.4 is 16.2 Å². The fourth-order valence-corrected chi connectivity index (χ4v) is 4.29. The van der Waals surface area contributed by atoms with E-state index in [1.165, 1.54) is 0 Å². The van der Waals surface area contributed by atoms with Gasteiger partial charge in [0.05, 0.1) is 28.6 Å². The second-order valence-corrected chi connectivity index (χ2v) is 6.95. The van der Waals surface area contributed by atoms with Gasteiger partial charge in [0.15, 0.2) is 5.82 Å². The van der Waals surface area contributed by atoms with Gasteiger partial charge in [0, 0.05) is 0 Å². The van der Waals surface area contributed by atoms with Crippen molar-refractivity contribution in [3.63, 3.8) is 0 Å². The molecular formula is C14H16ClN5O2S. The van der Waals surface area contributed by atoms with E-state index in [9.17, 15) is 9.90 Å². The molecule has 0 bridgehead atoms. The minimum absolute atomic E-state index is 0.205. The lowest BCUT2D eigenvalue weighted by Gasteiger charge is -2.35. The van der Waals surface area contributed by atoms with Crippen molar-refractivity contribution in [2.45, 2.75) is 44.0 Å². The summed E-state index contributed by atoms with van der Waals surface area (Å²) in [5.41, 5.74) is 0.0299. The summed E-state index contributed by atoms with van der Waals surface area (Å²) in [6, 6.07) is 1.54. The van der Waals surface area contributed by atoms with Crippen molar-refractivity contribution in [3.8, 4) is 0 Å². The quantitative estimate of drug-likeness (QED) is 0.767. The Bertz CT molecular complexity index is 785. The van der Waals surface area contributed by atoms with Crippen LogP contribution in [-0.4, -0.2) is 18.4 Å². The Balaban J connectivity index is 1.86. The first-order valence-corrected chi connectivity index (χ1v) is 8.68. The molecule has 1 aliphatic carbocycles. The summed E-state index contributed by atoms with van der Waals surface area (Å²) in [5.74, 6) is 0.507. The molecule has 1 aliphatic heterocycles. The fourth-order valence-electron chi connectivity index (χ4n) is 3.62. The number of fused-ring (bicyclic) bond motifs is 2. The molecule has 0 aromatic carbocycles. The van der Waals surface area contributed by atoms with Gasteiger partial charge in [0.2, 0.25) is 0 Å². The number of aliphatic hydroxyl groups excluding tert-OH is 1. The predicted molar refractivity (Wildman–Crippen MR) is 88.1 cm³/mol. The summed E-state index contributed by atoms with van der Waals surface area (Å²) < 4.78 is 9.61. The Labute approximate surface area is 141 Å². The number of rotatable bonds is 2. The van der Waals surface area contributed by atoms with Gasteiger partial charge >= 0.3 is 0 Å². The zero-order chi connectivity index (χ0) is 16.0. The van der Waals surface area contributed by atoms with Gasteiger partial charge in [-0.1, -0.05) is 18.0 Å². The van der Waals surface area contributed by atoms with E-state index in [1.807, 2.05) is 0 Å². The standard InChI is InChI=1S/C14H16ClN5O2S/c15-8-6-9(17-10-7-16-23-19-10)13(22)20-11(8)12(21)18-14(20)4-2-1-3-5-14/h6-7,12,18,21H,1-5H2,(H,17,19). The zero-order valence-corrected chi connectivity index (χ0v) is 13.8. The molecule has 3 heterocycles. The minimum atomic E-state index is -0.928. The number of aliphatic hydroxyl groups is 1. The molecule has 1 saturated carbocycles. The van der Waals surface area contributed by atoms with Crippen LogP contribution in [0.15, 0.2) is 17.1 Å². The first-order chi connectivity index (χ1) is 11.1. The van der Waals surface area contributed by atoms with E-state index in [1.54, 1.807) is 16.8 Å². The lowest BCUT2D eigenvalue weighted by atomic mass is 9.89. The third kappa shape index (κ3) is 2.37. The van der Waals surface area contributed by atoms with Gasteiger partial charge in [0.25, 0.3) is 5.56 Å². The molecule has 2 aliphatic rings. The van der Waals surface area contributed by atoms with Gasteiger partial charge < -0.3 is 10.4 Å². The number of nitrogens with one attached hydrogen (secondary N) is 2. The molecule has 9 heteroatoms. The molecule has 1 fully saturated rings. The molecule has 1 atom stereocenters. The molecule has 2 aromatic rings. The Morgan fingerprint density at radius 3 is 2.91 bits per heavy atom. The Kier molecular flexibility index (Phi) is 3.64. The molecule has 1 unspecified atom stereocenters. The van der Waals surface area contributed by atoms with Crippen molar-refractivity contribution in [1.29, 1.82) is 0 Å². The number of aromatic nitrogens is 3. The highest BCUT2D eigenvalue weighted by atomic mass is 35.5. The highest BCUT2D eigenvalue weighted by molar-refractivity contribution is 6.99. The third-order valence-corrected chi connectivity index (χ3v) is 5.37. The maximum atomic E-state index is 13.0. The molecule has 4 rings (SSSR count). The van der Waals surface area contributed by atoms with E-state index in [0.717, 1.165) is 43.8 Å². The van der Waals surface area contributed by atoms with Crippen LogP contribution in [0.3, 0.4) is 0 Å². The maximum absolute atomic E-state index is 13.0. The number of nitrogens with zero attached hydrogens (tertiary/aromatic N) is 3. The van der Waals surface area contributed by atoms with Gasteiger partial charge in [-0.3, -0.25) is 14.7 Å². The number of hydrogen-bond donors (Lipinski definition) is 3. The molecule has 23 heavy (non-hydrogen) atoms. The van der Waals surface area contributed by atoms with Crippen LogP contribution in [0.2, 0.25) is 5.02 Å². The lowest BCUT2D eigenvalue weighted by molar-refractivity contribution is 0.0787.